The van der Waals surface area contributed by atoms with Crippen LogP contribution >= 0.6 is 0 Å². The van der Waals surface area contributed by atoms with E-state index in [0.29, 0.717) is 5.52 Å². The quantitative estimate of drug-likeness (QED) is 0.693. The molecular weight excluding hydrogens is 168 g/mol. The Bertz CT molecular complexity index is 473. The van der Waals surface area contributed by atoms with E-state index in [9.17, 15) is 4.79 Å². The summed E-state index contributed by atoms with van der Waals surface area (Å²) < 4.78 is 0. The Kier molecular flexibility index (Phi) is 1.55. The lowest BCUT2D eigenvalue weighted by Crippen LogP contribution is -1.94. The van der Waals surface area contributed by atoms with Crippen molar-refractivity contribution in [2.24, 2.45) is 0 Å². The van der Waals surface area contributed by atoms with Crippen molar-refractivity contribution in [3.05, 3.63) is 29.6 Å². The Morgan fingerprint density at radius 1 is 1.62 bits per heavy atom. The van der Waals surface area contributed by atoms with Gasteiger partial charge < -0.3 is 10.1 Å². The molecule has 0 saturated heterocycles. The van der Waals surface area contributed by atoms with Gasteiger partial charge in [-0.25, -0.2) is 4.79 Å². The Hall–Kier alpha value is -1.84. The van der Waals surface area contributed by atoms with Crippen LogP contribution in [0.2, 0.25) is 0 Å². The van der Waals surface area contributed by atoms with Crippen molar-refractivity contribution >= 4 is 17.0 Å². The molecular formula is C9H8N2O2. The normalized spacial score (nSPS) is 10.5. The number of carbonyl (C=O) groups is 1. The number of pyridine rings is 1. The van der Waals surface area contributed by atoms with Crippen LogP contribution in [0.5, 0.6) is 0 Å². The Morgan fingerprint density at radius 3 is 3.00 bits per heavy atom. The number of fused-ring (bicyclic) bond motifs is 1. The lowest BCUT2D eigenvalue weighted by atomic mass is 10.2. The molecule has 4 nitrogen and oxygen atoms in total. The van der Waals surface area contributed by atoms with E-state index in [4.69, 9.17) is 5.11 Å². The van der Waals surface area contributed by atoms with E-state index in [1.54, 1.807) is 6.20 Å². The van der Waals surface area contributed by atoms with Gasteiger partial charge in [-0.3, -0.25) is 4.98 Å². The monoisotopic (exact) mass is 176 g/mol. The first-order valence-electron chi connectivity index (χ1n) is 3.86. The molecule has 2 aromatic heterocycles. The number of hydrogen-bond donors (Lipinski definition) is 2. The summed E-state index contributed by atoms with van der Waals surface area (Å²) in [6.45, 7) is 1.91. The van der Waals surface area contributed by atoms with Crippen LogP contribution in [0.1, 0.15) is 16.1 Å². The van der Waals surface area contributed by atoms with Crippen LogP contribution < -0.4 is 0 Å². The predicted molar refractivity (Wildman–Crippen MR) is 47.8 cm³/mol. The van der Waals surface area contributed by atoms with E-state index in [-0.39, 0.29) is 5.69 Å². The molecule has 0 aliphatic carbocycles. The molecule has 2 aromatic rings. The third kappa shape index (κ3) is 1.16. The summed E-state index contributed by atoms with van der Waals surface area (Å²) in [5, 5.41) is 8.72. The van der Waals surface area contributed by atoms with Crippen molar-refractivity contribution in [1.29, 1.82) is 0 Å². The molecule has 0 radical (unpaired) electrons. The molecule has 2 heterocycles. The first-order valence-corrected chi connectivity index (χ1v) is 3.86. The zero-order valence-electron chi connectivity index (χ0n) is 7.03. The second-order valence-corrected chi connectivity index (χ2v) is 2.88. The van der Waals surface area contributed by atoms with Gasteiger partial charge in [-0.2, -0.15) is 0 Å². The summed E-state index contributed by atoms with van der Waals surface area (Å²) in [5.41, 5.74) is 2.66. The summed E-state index contributed by atoms with van der Waals surface area (Å²) in [4.78, 5) is 17.5. The molecule has 66 valence electrons. The Morgan fingerprint density at radius 2 is 2.38 bits per heavy atom. The minimum absolute atomic E-state index is 0.178. The highest BCUT2D eigenvalue weighted by Crippen LogP contribution is 2.15. The fourth-order valence-corrected chi connectivity index (χ4v) is 1.27. The Labute approximate surface area is 74.2 Å². The number of hydrogen-bond acceptors (Lipinski definition) is 2. The first-order chi connectivity index (χ1) is 6.18. The first kappa shape index (κ1) is 7.79. The highest BCUT2D eigenvalue weighted by molar-refractivity contribution is 5.93. The fourth-order valence-electron chi connectivity index (χ4n) is 1.27. The lowest BCUT2D eigenvalue weighted by Gasteiger charge is -1.92. The number of aromatic carboxylic acids is 1. The van der Waals surface area contributed by atoms with Gasteiger partial charge >= 0.3 is 5.97 Å². The standard InChI is InChI=1S/C9H8N2O2/c1-5-2-3-10-6-4-7(9(12)13)11-8(5)6/h2-4,11H,1H3,(H,12,13). The van der Waals surface area contributed by atoms with Crippen LogP contribution in [0.4, 0.5) is 0 Å². The lowest BCUT2D eigenvalue weighted by molar-refractivity contribution is 0.0691. The molecule has 0 unspecified atom stereocenters. The molecule has 13 heavy (non-hydrogen) atoms. The minimum Gasteiger partial charge on any atom is -0.477 e. The van der Waals surface area contributed by atoms with E-state index in [2.05, 4.69) is 9.97 Å². The highest BCUT2D eigenvalue weighted by atomic mass is 16.4. The molecule has 0 aromatic carbocycles. The Balaban J connectivity index is 2.75. The molecule has 0 fully saturated rings. The van der Waals surface area contributed by atoms with Gasteiger partial charge in [0.15, 0.2) is 0 Å². The van der Waals surface area contributed by atoms with Gasteiger partial charge in [0.1, 0.15) is 5.69 Å². The van der Waals surface area contributed by atoms with Gasteiger partial charge in [-0.15, -0.1) is 0 Å². The maximum atomic E-state index is 10.6. The highest BCUT2D eigenvalue weighted by Gasteiger charge is 2.08. The topological polar surface area (TPSA) is 66.0 Å². The van der Waals surface area contributed by atoms with Gasteiger partial charge in [0.2, 0.25) is 0 Å². The van der Waals surface area contributed by atoms with E-state index >= 15 is 0 Å². The van der Waals surface area contributed by atoms with Crippen LogP contribution in [0.15, 0.2) is 18.3 Å². The minimum atomic E-state index is -0.961. The number of nitrogens with zero attached hydrogens (tertiary/aromatic N) is 1. The van der Waals surface area contributed by atoms with Crippen molar-refractivity contribution in [1.82, 2.24) is 9.97 Å². The predicted octanol–water partition coefficient (Wildman–Crippen LogP) is 1.57. The van der Waals surface area contributed by atoms with E-state index in [1.807, 2.05) is 13.0 Å². The van der Waals surface area contributed by atoms with Crippen LogP contribution in [0.25, 0.3) is 11.0 Å². The summed E-state index contributed by atoms with van der Waals surface area (Å²) in [6.07, 6.45) is 1.66. The van der Waals surface area contributed by atoms with Crippen molar-refractivity contribution in [2.75, 3.05) is 0 Å². The van der Waals surface area contributed by atoms with Crippen molar-refractivity contribution in [3.8, 4) is 0 Å². The molecule has 0 atom stereocenters. The van der Waals surface area contributed by atoms with Gasteiger partial charge in [0.05, 0.1) is 11.0 Å². The molecule has 0 aliphatic rings. The van der Waals surface area contributed by atoms with Crippen molar-refractivity contribution in [2.45, 2.75) is 6.92 Å². The number of nitrogens with one attached hydrogen (secondary N) is 1. The molecule has 4 heteroatoms. The van der Waals surface area contributed by atoms with E-state index < -0.39 is 5.97 Å². The van der Waals surface area contributed by atoms with Crippen LogP contribution in [-0.4, -0.2) is 21.0 Å². The van der Waals surface area contributed by atoms with E-state index in [1.165, 1.54) is 6.07 Å². The number of aromatic nitrogens is 2. The van der Waals surface area contributed by atoms with Crippen LogP contribution in [-0.2, 0) is 0 Å². The van der Waals surface area contributed by atoms with Gasteiger partial charge in [0.25, 0.3) is 0 Å². The molecule has 2 N–H and O–H groups in total. The van der Waals surface area contributed by atoms with Crippen LogP contribution in [0, 0.1) is 6.92 Å². The fraction of sp³-hybridized carbons (Fsp3) is 0.111. The number of carboxylic acid groups (broad SMARTS) is 1. The molecule has 0 bridgehead atoms. The number of aryl methyl sites for hydroxylation is 1. The molecule has 0 saturated carbocycles. The van der Waals surface area contributed by atoms with E-state index in [0.717, 1.165) is 11.1 Å². The number of aromatic amines is 1. The maximum Gasteiger partial charge on any atom is 0.352 e. The number of H-pyrrole nitrogens is 1. The second kappa shape index (κ2) is 2.58. The summed E-state index contributed by atoms with van der Waals surface area (Å²) in [6, 6.07) is 3.37. The number of rotatable bonds is 1. The SMILES string of the molecule is Cc1ccnc2cc(C(=O)O)[nH]c12. The smallest absolute Gasteiger partial charge is 0.352 e. The third-order valence-electron chi connectivity index (χ3n) is 1.96. The van der Waals surface area contributed by atoms with Gasteiger partial charge in [-0.1, -0.05) is 0 Å². The largest absolute Gasteiger partial charge is 0.477 e. The third-order valence-corrected chi connectivity index (χ3v) is 1.96. The maximum absolute atomic E-state index is 10.6. The molecule has 0 aliphatic heterocycles. The van der Waals surface area contributed by atoms with Gasteiger partial charge in [0, 0.05) is 6.20 Å². The summed E-state index contributed by atoms with van der Waals surface area (Å²) >= 11 is 0. The van der Waals surface area contributed by atoms with Crippen LogP contribution in [0.3, 0.4) is 0 Å². The van der Waals surface area contributed by atoms with Gasteiger partial charge in [-0.05, 0) is 24.6 Å². The summed E-state index contributed by atoms with van der Waals surface area (Å²) in [7, 11) is 0. The molecule has 0 spiro atoms. The number of carboxylic acids is 1. The zero-order chi connectivity index (χ0) is 9.42. The second-order valence-electron chi connectivity index (χ2n) is 2.88. The average molecular weight is 176 g/mol. The molecule has 2 rings (SSSR count). The average Bonchev–Trinajstić information content (AvgIpc) is 2.49. The van der Waals surface area contributed by atoms with Crippen molar-refractivity contribution < 1.29 is 9.90 Å². The van der Waals surface area contributed by atoms with Crippen molar-refractivity contribution in [3.63, 3.8) is 0 Å². The zero-order valence-corrected chi connectivity index (χ0v) is 7.03. The molecule has 0 amide bonds. The summed E-state index contributed by atoms with van der Waals surface area (Å²) in [5.74, 6) is -0.961.